The van der Waals surface area contributed by atoms with E-state index in [-0.39, 0.29) is 0 Å². The number of rotatable bonds is 1. The van der Waals surface area contributed by atoms with Crippen LogP contribution in [0.15, 0.2) is 78.9 Å². The fourth-order valence-corrected chi connectivity index (χ4v) is 4.17. The monoisotopic (exact) mass is 356 g/mol. The van der Waals surface area contributed by atoms with Gasteiger partial charge in [-0.1, -0.05) is 66.1 Å². The lowest BCUT2D eigenvalue weighted by atomic mass is 10.1. The van der Waals surface area contributed by atoms with Crippen molar-refractivity contribution in [2.45, 2.75) is 0 Å². The van der Waals surface area contributed by atoms with Gasteiger partial charge in [-0.25, -0.2) is 0 Å². The summed E-state index contributed by atoms with van der Waals surface area (Å²) in [5.41, 5.74) is 10.3. The molecule has 0 aliphatic heterocycles. The average Bonchev–Trinajstić information content (AvgIpc) is 2.74. The summed E-state index contributed by atoms with van der Waals surface area (Å²) >= 11 is 0. The van der Waals surface area contributed by atoms with E-state index in [1.54, 1.807) is 0 Å². The Morgan fingerprint density at radius 3 is 1.52 bits per heavy atom. The zero-order valence-electron chi connectivity index (χ0n) is 14.7. The third kappa shape index (κ3) is 5.05. The largest absolute Gasteiger partial charge is 0.232 e. The van der Waals surface area contributed by atoms with Crippen molar-refractivity contribution in [2.24, 2.45) is 0 Å². The van der Waals surface area contributed by atoms with Gasteiger partial charge in [0.05, 0.1) is 0 Å². The van der Waals surface area contributed by atoms with E-state index in [1.807, 2.05) is 66.7 Å². The molecular formula is C26H16Si. The van der Waals surface area contributed by atoms with Gasteiger partial charge in [0, 0.05) is 22.3 Å². The van der Waals surface area contributed by atoms with Crippen LogP contribution in [0.25, 0.3) is 0 Å². The van der Waals surface area contributed by atoms with Crippen LogP contribution in [0.1, 0.15) is 22.3 Å². The quantitative estimate of drug-likeness (QED) is 0.464. The predicted octanol–water partition coefficient (Wildman–Crippen LogP) is 3.27. The summed E-state index contributed by atoms with van der Waals surface area (Å²) in [4.78, 5) is 0. The lowest BCUT2D eigenvalue weighted by Crippen LogP contribution is -2.27. The van der Waals surface area contributed by atoms with E-state index >= 15 is 0 Å². The summed E-state index contributed by atoms with van der Waals surface area (Å²) in [6.45, 7) is 0. The van der Waals surface area contributed by atoms with E-state index in [1.165, 1.54) is 5.19 Å². The van der Waals surface area contributed by atoms with Crippen molar-refractivity contribution in [3.8, 4) is 47.6 Å². The minimum absolute atomic E-state index is 0.830. The molecule has 0 atom stereocenters. The van der Waals surface area contributed by atoms with E-state index in [9.17, 15) is 0 Å². The molecule has 0 aliphatic rings. The second kappa shape index (κ2) is 8.99. The summed E-state index contributed by atoms with van der Waals surface area (Å²) in [5, 5.41) is 1.19. The molecule has 0 heterocycles. The molecule has 124 valence electrons. The molecule has 1 heteroatoms. The van der Waals surface area contributed by atoms with E-state index in [2.05, 4.69) is 46.9 Å². The van der Waals surface area contributed by atoms with Crippen molar-refractivity contribution in [3.63, 3.8) is 0 Å². The van der Waals surface area contributed by atoms with Crippen molar-refractivity contribution in [1.82, 2.24) is 0 Å². The molecule has 0 aromatic heterocycles. The second-order valence-electron chi connectivity index (χ2n) is 5.83. The second-order valence-corrected chi connectivity index (χ2v) is 7.94. The van der Waals surface area contributed by atoms with E-state index in [0.29, 0.717) is 0 Å². The van der Waals surface area contributed by atoms with Gasteiger partial charge in [-0.2, -0.15) is 0 Å². The van der Waals surface area contributed by atoms with Crippen molar-refractivity contribution >= 4 is 14.0 Å². The molecule has 3 aromatic rings. The molecule has 27 heavy (non-hydrogen) atoms. The topological polar surface area (TPSA) is 0 Å². The Labute approximate surface area is 162 Å². The van der Waals surface area contributed by atoms with Crippen LogP contribution in [0.3, 0.4) is 0 Å². The Balaban J connectivity index is 1.96. The van der Waals surface area contributed by atoms with Gasteiger partial charge in [-0.05, 0) is 41.6 Å². The average molecular weight is 357 g/mol. The van der Waals surface area contributed by atoms with E-state index in [0.717, 1.165) is 22.3 Å². The summed E-state index contributed by atoms with van der Waals surface area (Å²) in [6, 6.07) is 25.7. The smallest absolute Gasteiger partial charge is 0.115 e. The first-order chi connectivity index (χ1) is 13.3. The maximum Gasteiger partial charge on any atom is 0.232 e. The normalized spacial score (nSPS) is 9.15. The van der Waals surface area contributed by atoms with Gasteiger partial charge >= 0.3 is 0 Å². The number of hydrogen-bond donors (Lipinski definition) is 0. The Morgan fingerprint density at radius 1 is 0.556 bits per heavy atom. The van der Waals surface area contributed by atoms with Crippen LogP contribution in [0.5, 0.6) is 0 Å². The fourth-order valence-electron chi connectivity index (χ4n) is 2.53. The molecule has 0 N–H and O–H groups in total. The first-order valence-corrected chi connectivity index (χ1v) is 10.2. The first-order valence-electron chi connectivity index (χ1n) is 8.50. The summed E-state index contributed by atoms with van der Waals surface area (Å²) < 4.78 is 0. The van der Waals surface area contributed by atoms with Gasteiger partial charge < -0.3 is 0 Å². The van der Waals surface area contributed by atoms with Crippen molar-refractivity contribution in [2.75, 3.05) is 0 Å². The molecule has 3 rings (SSSR count). The van der Waals surface area contributed by atoms with Crippen LogP contribution >= 0.6 is 0 Å². The lowest BCUT2D eigenvalue weighted by Gasteiger charge is -2.01. The maximum atomic E-state index is 5.48. The summed E-state index contributed by atoms with van der Waals surface area (Å²) in [7, 11) is -1.81. The zero-order valence-corrected chi connectivity index (χ0v) is 15.9. The minimum Gasteiger partial charge on any atom is -0.115 e. The number of hydrogen-bond acceptors (Lipinski definition) is 0. The number of benzene rings is 3. The zero-order chi connectivity index (χ0) is 18.9. The Kier molecular flexibility index (Phi) is 5.97. The lowest BCUT2D eigenvalue weighted by molar-refractivity contribution is 1.60. The van der Waals surface area contributed by atoms with Crippen LogP contribution in [0.4, 0.5) is 0 Å². The molecule has 0 saturated carbocycles. The Bertz CT molecular complexity index is 1070. The number of terminal acetylenes is 2. The standard InChI is InChI=1S/C26H16Si/c1-3-22-10-8-12-24(20-22)16-18-27(26-14-6-5-7-15-26)19-17-25-13-9-11-23(4-2)21-25/h1-2,5-15,20-21,27H. The van der Waals surface area contributed by atoms with Crippen LogP contribution in [-0.2, 0) is 0 Å². The summed E-state index contributed by atoms with van der Waals surface area (Å²) in [5.74, 6) is 11.8. The molecule has 0 saturated heterocycles. The van der Waals surface area contributed by atoms with Gasteiger partial charge in [-0.15, -0.1) is 23.9 Å². The SMILES string of the molecule is C#Cc1cccc(C#C[SiH](C#Cc2cccc(C#C)c2)c2ccccc2)c1. The molecule has 0 fully saturated rings. The molecule has 0 amide bonds. The third-order valence-electron chi connectivity index (χ3n) is 3.91. The molecule has 0 bridgehead atoms. The molecule has 0 unspecified atom stereocenters. The van der Waals surface area contributed by atoms with E-state index in [4.69, 9.17) is 12.8 Å². The highest BCUT2D eigenvalue weighted by Crippen LogP contribution is 2.03. The van der Waals surface area contributed by atoms with Gasteiger partial charge in [0.2, 0.25) is 8.80 Å². The van der Waals surface area contributed by atoms with Crippen molar-refractivity contribution in [3.05, 3.63) is 101 Å². The van der Waals surface area contributed by atoms with Crippen molar-refractivity contribution in [1.29, 1.82) is 0 Å². The fraction of sp³-hybridized carbons (Fsp3) is 0. The van der Waals surface area contributed by atoms with Crippen molar-refractivity contribution < 1.29 is 0 Å². The molecule has 3 aromatic carbocycles. The van der Waals surface area contributed by atoms with Gasteiger partial charge in [0.15, 0.2) is 0 Å². The molecule has 0 nitrogen and oxygen atoms in total. The maximum absolute atomic E-state index is 5.48. The van der Waals surface area contributed by atoms with Gasteiger partial charge in [0.1, 0.15) is 0 Å². The molecule has 0 spiro atoms. The highest BCUT2D eigenvalue weighted by atomic mass is 28.3. The predicted molar refractivity (Wildman–Crippen MR) is 116 cm³/mol. The van der Waals surface area contributed by atoms with Crippen LogP contribution in [0.2, 0.25) is 0 Å². The third-order valence-corrected chi connectivity index (χ3v) is 5.83. The van der Waals surface area contributed by atoms with Crippen LogP contribution < -0.4 is 5.19 Å². The minimum atomic E-state index is -1.81. The Hall–Kier alpha value is -3.88. The molecule has 0 radical (unpaired) electrons. The van der Waals surface area contributed by atoms with Gasteiger partial charge in [-0.3, -0.25) is 0 Å². The molecular weight excluding hydrogens is 340 g/mol. The first kappa shape index (κ1) is 17.9. The molecule has 0 aliphatic carbocycles. The van der Waals surface area contributed by atoms with E-state index < -0.39 is 8.80 Å². The van der Waals surface area contributed by atoms with Crippen LogP contribution in [-0.4, -0.2) is 8.80 Å². The Morgan fingerprint density at radius 2 is 1.04 bits per heavy atom. The highest BCUT2D eigenvalue weighted by molar-refractivity contribution is 6.87. The van der Waals surface area contributed by atoms with Crippen LogP contribution in [0, 0.1) is 47.6 Å². The summed E-state index contributed by atoms with van der Waals surface area (Å²) in [6.07, 6.45) is 11.0. The highest BCUT2D eigenvalue weighted by Gasteiger charge is 2.07. The van der Waals surface area contributed by atoms with Gasteiger partial charge in [0.25, 0.3) is 0 Å².